The van der Waals surface area contributed by atoms with Gasteiger partial charge in [0.1, 0.15) is 24.2 Å². The molecule has 39 heavy (non-hydrogen) atoms. The first-order valence-corrected chi connectivity index (χ1v) is 13.9. The highest BCUT2D eigenvalue weighted by Gasteiger charge is 2.23. The topological polar surface area (TPSA) is 93.2 Å². The average Bonchev–Trinajstić information content (AvgIpc) is 3.37. The highest BCUT2D eigenvalue weighted by atomic mass is 16.5. The van der Waals surface area contributed by atoms with Crippen LogP contribution in [-0.4, -0.2) is 108 Å². The first kappa shape index (κ1) is 26.9. The number of piperazine rings is 2. The lowest BCUT2D eigenvalue weighted by molar-refractivity contribution is -0.132. The maximum Gasteiger partial charge on any atom is 0.222 e. The van der Waals surface area contributed by atoms with Gasteiger partial charge < -0.3 is 19.4 Å². The normalized spacial score (nSPS) is 17.1. The third kappa shape index (κ3) is 6.32. The van der Waals surface area contributed by atoms with Crippen LogP contribution < -0.4 is 9.64 Å². The van der Waals surface area contributed by atoms with Crippen LogP contribution in [0.3, 0.4) is 0 Å². The summed E-state index contributed by atoms with van der Waals surface area (Å²) in [4.78, 5) is 26.1. The predicted molar refractivity (Wildman–Crippen MR) is 151 cm³/mol. The van der Waals surface area contributed by atoms with E-state index in [0.29, 0.717) is 43.3 Å². The molecule has 0 unspecified atom stereocenters. The van der Waals surface area contributed by atoms with Gasteiger partial charge in [0.05, 0.1) is 23.5 Å². The molecule has 1 amide bonds. The zero-order chi connectivity index (χ0) is 27.4. The van der Waals surface area contributed by atoms with Crippen molar-refractivity contribution in [2.45, 2.75) is 20.3 Å². The van der Waals surface area contributed by atoms with Crippen LogP contribution in [0.4, 0.5) is 5.82 Å². The van der Waals surface area contributed by atoms with E-state index in [4.69, 9.17) is 9.72 Å². The second-order valence-corrected chi connectivity index (χ2v) is 10.9. The van der Waals surface area contributed by atoms with Crippen LogP contribution in [0.5, 0.6) is 5.75 Å². The molecule has 2 aliphatic rings. The van der Waals surface area contributed by atoms with E-state index in [1.54, 1.807) is 10.7 Å². The van der Waals surface area contributed by atoms with Gasteiger partial charge in [0.2, 0.25) is 5.91 Å². The molecule has 3 aromatic rings. The second kappa shape index (κ2) is 12.0. The standard InChI is InChI=1S/C29H38N8O2/c1-22(2)16-28(38)36-12-10-35(11-13-36)27-5-4-23(19-31-27)26-17-25(21-37-29(26)24(18-30)20-32-37)39-15-14-34-8-6-33(3)7-9-34/h4-5,17,19-22H,6-16H2,1-3H3. The fraction of sp³-hybridized carbons (Fsp3) is 0.517. The van der Waals surface area contributed by atoms with Gasteiger partial charge in [-0.3, -0.25) is 9.69 Å². The van der Waals surface area contributed by atoms with Gasteiger partial charge in [0.25, 0.3) is 0 Å². The Bertz CT molecular complexity index is 1310. The molecule has 0 saturated carbocycles. The quantitative estimate of drug-likeness (QED) is 0.439. The minimum Gasteiger partial charge on any atom is -0.491 e. The van der Waals surface area contributed by atoms with Crippen LogP contribution in [0.25, 0.3) is 16.6 Å². The van der Waals surface area contributed by atoms with Crippen molar-refractivity contribution < 1.29 is 9.53 Å². The molecular weight excluding hydrogens is 492 g/mol. The van der Waals surface area contributed by atoms with Crippen molar-refractivity contribution in [3.8, 4) is 22.9 Å². The lowest BCUT2D eigenvalue weighted by atomic mass is 10.1. The Hall–Kier alpha value is -3.68. The number of carbonyl (C=O) groups excluding carboxylic acids is 1. The summed E-state index contributed by atoms with van der Waals surface area (Å²) < 4.78 is 7.88. The molecule has 2 saturated heterocycles. The van der Waals surface area contributed by atoms with E-state index in [1.165, 1.54) is 0 Å². The van der Waals surface area contributed by atoms with E-state index in [1.807, 2.05) is 35.5 Å². The molecule has 2 fully saturated rings. The van der Waals surface area contributed by atoms with Crippen LogP contribution in [-0.2, 0) is 4.79 Å². The summed E-state index contributed by atoms with van der Waals surface area (Å²) in [6.07, 6.45) is 5.88. The van der Waals surface area contributed by atoms with E-state index in [2.05, 4.69) is 46.8 Å². The third-order valence-corrected chi connectivity index (χ3v) is 7.58. The maximum atomic E-state index is 12.4. The van der Waals surface area contributed by atoms with Gasteiger partial charge in [0, 0.05) is 82.6 Å². The molecule has 2 aliphatic heterocycles. The van der Waals surface area contributed by atoms with Gasteiger partial charge in [-0.1, -0.05) is 13.8 Å². The summed E-state index contributed by atoms with van der Waals surface area (Å²) >= 11 is 0. The van der Waals surface area contributed by atoms with Gasteiger partial charge in [-0.2, -0.15) is 10.4 Å². The molecule has 10 heteroatoms. The largest absolute Gasteiger partial charge is 0.491 e. The molecule has 5 rings (SSSR count). The predicted octanol–water partition coefficient (Wildman–Crippen LogP) is 2.59. The molecule has 3 aromatic heterocycles. The van der Waals surface area contributed by atoms with Crippen LogP contribution >= 0.6 is 0 Å². The monoisotopic (exact) mass is 530 g/mol. The lowest BCUT2D eigenvalue weighted by Gasteiger charge is -2.35. The highest BCUT2D eigenvalue weighted by Crippen LogP contribution is 2.31. The van der Waals surface area contributed by atoms with Crippen molar-refractivity contribution in [1.29, 1.82) is 5.26 Å². The Morgan fingerprint density at radius 1 is 1.08 bits per heavy atom. The van der Waals surface area contributed by atoms with Gasteiger partial charge >= 0.3 is 0 Å². The number of hydrogen-bond donors (Lipinski definition) is 0. The van der Waals surface area contributed by atoms with Gasteiger partial charge in [0.15, 0.2) is 0 Å². The first-order chi connectivity index (χ1) is 18.9. The summed E-state index contributed by atoms with van der Waals surface area (Å²) in [6.45, 7) is 12.8. The minimum atomic E-state index is 0.233. The Morgan fingerprint density at radius 3 is 2.51 bits per heavy atom. The van der Waals surface area contributed by atoms with Gasteiger partial charge in [-0.25, -0.2) is 9.50 Å². The lowest BCUT2D eigenvalue weighted by Crippen LogP contribution is -2.49. The maximum absolute atomic E-state index is 12.4. The van der Waals surface area contributed by atoms with Crippen LogP contribution in [0.1, 0.15) is 25.8 Å². The van der Waals surface area contributed by atoms with Crippen LogP contribution in [0.15, 0.2) is 36.8 Å². The van der Waals surface area contributed by atoms with Crippen molar-refractivity contribution in [2.24, 2.45) is 5.92 Å². The molecule has 0 N–H and O–H groups in total. The average molecular weight is 531 g/mol. The Kier molecular flexibility index (Phi) is 8.29. The number of likely N-dealkylation sites (N-methyl/N-ethyl adjacent to an activating group) is 1. The molecule has 0 spiro atoms. The van der Waals surface area contributed by atoms with Crippen LogP contribution in [0.2, 0.25) is 0 Å². The summed E-state index contributed by atoms with van der Waals surface area (Å²) in [5.74, 6) is 2.20. The third-order valence-electron chi connectivity index (χ3n) is 7.58. The van der Waals surface area contributed by atoms with Crippen molar-refractivity contribution in [3.05, 3.63) is 42.4 Å². The number of ether oxygens (including phenoxy) is 1. The summed E-state index contributed by atoms with van der Waals surface area (Å²) in [5.41, 5.74) is 3.02. The highest BCUT2D eigenvalue weighted by molar-refractivity contribution is 5.85. The summed E-state index contributed by atoms with van der Waals surface area (Å²) in [7, 11) is 2.16. The van der Waals surface area contributed by atoms with Gasteiger partial charge in [-0.05, 0) is 31.2 Å². The fourth-order valence-corrected chi connectivity index (χ4v) is 5.24. The molecule has 0 aliphatic carbocycles. The van der Waals surface area contributed by atoms with Gasteiger partial charge in [-0.15, -0.1) is 0 Å². The molecule has 0 aromatic carbocycles. The van der Waals surface area contributed by atoms with Crippen molar-refractivity contribution in [3.63, 3.8) is 0 Å². The smallest absolute Gasteiger partial charge is 0.222 e. The van der Waals surface area contributed by atoms with E-state index in [9.17, 15) is 10.1 Å². The molecule has 0 bridgehead atoms. The van der Waals surface area contributed by atoms with E-state index in [-0.39, 0.29) is 5.91 Å². The number of amides is 1. The number of nitriles is 1. The van der Waals surface area contributed by atoms with E-state index < -0.39 is 0 Å². The number of aromatic nitrogens is 3. The zero-order valence-electron chi connectivity index (χ0n) is 23.2. The second-order valence-electron chi connectivity index (χ2n) is 10.9. The minimum absolute atomic E-state index is 0.233. The number of pyridine rings is 2. The Labute approximate surface area is 230 Å². The molecule has 10 nitrogen and oxygen atoms in total. The summed E-state index contributed by atoms with van der Waals surface area (Å²) in [5, 5.41) is 14.1. The van der Waals surface area contributed by atoms with E-state index >= 15 is 0 Å². The molecular formula is C29H38N8O2. The van der Waals surface area contributed by atoms with Crippen molar-refractivity contribution in [2.75, 3.05) is 77.5 Å². The van der Waals surface area contributed by atoms with Crippen molar-refractivity contribution in [1.82, 2.24) is 29.3 Å². The number of anilines is 1. The van der Waals surface area contributed by atoms with E-state index in [0.717, 1.165) is 68.3 Å². The summed E-state index contributed by atoms with van der Waals surface area (Å²) in [6, 6.07) is 8.30. The molecule has 5 heterocycles. The molecule has 206 valence electrons. The fourth-order valence-electron chi connectivity index (χ4n) is 5.24. The number of nitrogens with zero attached hydrogens (tertiary/aromatic N) is 8. The van der Waals surface area contributed by atoms with Crippen molar-refractivity contribution >= 4 is 17.2 Å². The number of hydrogen-bond acceptors (Lipinski definition) is 8. The Morgan fingerprint density at radius 2 is 1.85 bits per heavy atom. The Balaban J connectivity index is 1.29. The number of rotatable bonds is 8. The number of fused-ring (bicyclic) bond motifs is 1. The number of carbonyl (C=O) groups is 1. The molecule has 0 atom stereocenters. The zero-order valence-corrected chi connectivity index (χ0v) is 23.2. The molecule has 0 radical (unpaired) electrons. The SMILES string of the molecule is CC(C)CC(=O)N1CCN(c2ccc(-c3cc(OCCN4CCN(C)CC4)cn4ncc(C#N)c34)cn2)CC1. The van der Waals surface area contributed by atoms with Crippen LogP contribution in [0, 0.1) is 17.2 Å². The first-order valence-electron chi connectivity index (χ1n) is 13.9.